The number of hydrogen-bond donors (Lipinski definition) is 1. The number of amides is 1. The van der Waals surface area contributed by atoms with Crippen molar-refractivity contribution < 1.29 is 4.79 Å². The average Bonchev–Trinajstić information content (AvgIpc) is 2.47. The fourth-order valence-corrected chi connectivity index (χ4v) is 3.09. The van der Waals surface area contributed by atoms with E-state index in [0.717, 1.165) is 62.5 Å². The predicted molar refractivity (Wildman–Crippen MR) is 77.6 cm³/mol. The number of likely N-dealkylation sites (tertiary alicyclic amines) is 1. The maximum Gasteiger partial charge on any atom is 0.254 e. The van der Waals surface area contributed by atoms with E-state index in [0.29, 0.717) is 0 Å². The number of anilines is 1. The Hall–Kier alpha value is -1.51. The van der Waals surface area contributed by atoms with Gasteiger partial charge in [0.05, 0.1) is 0 Å². The van der Waals surface area contributed by atoms with Crippen LogP contribution in [-0.2, 0) is 6.42 Å². The van der Waals surface area contributed by atoms with Crippen LogP contribution in [0.3, 0.4) is 0 Å². The molecule has 0 unspecified atom stereocenters. The highest BCUT2D eigenvalue weighted by Gasteiger charge is 2.24. The van der Waals surface area contributed by atoms with Gasteiger partial charge in [-0.05, 0) is 49.3 Å². The van der Waals surface area contributed by atoms with E-state index in [1.54, 1.807) is 0 Å². The summed E-state index contributed by atoms with van der Waals surface area (Å²) in [6.07, 6.45) is 4.42. The van der Waals surface area contributed by atoms with Crippen LogP contribution in [0.25, 0.3) is 0 Å². The summed E-state index contributed by atoms with van der Waals surface area (Å²) in [5.41, 5.74) is 3.29. The maximum atomic E-state index is 12.7. The molecular formula is C16H22N2O. The van der Waals surface area contributed by atoms with Gasteiger partial charge < -0.3 is 10.2 Å². The third kappa shape index (κ3) is 2.46. The first-order valence-electron chi connectivity index (χ1n) is 7.41. The fourth-order valence-electron chi connectivity index (χ4n) is 3.09. The Morgan fingerprint density at radius 1 is 1.32 bits per heavy atom. The predicted octanol–water partition coefficient (Wildman–Crippen LogP) is 2.92. The van der Waals surface area contributed by atoms with Crippen LogP contribution in [0, 0.1) is 5.92 Å². The van der Waals surface area contributed by atoms with Gasteiger partial charge >= 0.3 is 0 Å². The van der Waals surface area contributed by atoms with E-state index in [1.165, 1.54) is 5.56 Å². The number of benzene rings is 1. The zero-order valence-corrected chi connectivity index (χ0v) is 11.6. The second-order valence-corrected chi connectivity index (χ2v) is 5.84. The normalized spacial score (nSPS) is 19.7. The van der Waals surface area contributed by atoms with E-state index < -0.39 is 0 Å². The fraction of sp³-hybridized carbons (Fsp3) is 0.562. The largest absolute Gasteiger partial charge is 0.385 e. The van der Waals surface area contributed by atoms with Gasteiger partial charge in [-0.3, -0.25) is 4.79 Å². The zero-order chi connectivity index (χ0) is 13.2. The quantitative estimate of drug-likeness (QED) is 0.840. The van der Waals surface area contributed by atoms with Crippen LogP contribution in [0.4, 0.5) is 5.69 Å². The van der Waals surface area contributed by atoms with Gasteiger partial charge in [0.15, 0.2) is 0 Å². The molecule has 0 radical (unpaired) electrons. The lowest BCUT2D eigenvalue weighted by Crippen LogP contribution is -2.38. The van der Waals surface area contributed by atoms with Gasteiger partial charge in [-0.2, -0.15) is 0 Å². The van der Waals surface area contributed by atoms with Crippen LogP contribution < -0.4 is 5.32 Å². The van der Waals surface area contributed by atoms with Gasteiger partial charge in [0.25, 0.3) is 5.91 Å². The first-order valence-corrected chi connectivity index (χ1v) is 7.41. The Morgan fingerprint density at radius 3 is 2.89 bits per heavy atom. The van der Waals surface area contributed by atoms with Crippen molar-refractivity contribution in [3.8, 4) is 0 Å². The molecule has 0 aliphatic carbocycles. The minimum atomic E-state index is 0.229. The standard InChI is InChI=1S/C16H22N2O/c1-12-7-10-18(11-8-12)16(19)14-4-2-6-15-13(14)5-3-9-17-15/h2,4,6,12,17H,3,5,7-11H2,1H3. The van der Waals surface area contributed by atoms with Crippen molar-refractivity contribution >= 4 is 11.6 Å². The third-order valence-corrected chi connectivity index (χ3v) is 4.40. The molecular weight excluding hydrogens is 236 g/mol. The summed E-state index contributed by atoms with van der Waals surface area (Å²) in [5, 5.41) is 3.40. The van der Waals surface area contributed by atoms with Crippen molar-refractivity contribution in [2.75, 3.05) is 25.0 Å². The lowest BCUT2D eigenvalue weighted by molar-refractivity contribution is 0.0696. The molecule has 0 atom stereocenters. The number of carbonyl (C=O) groups is 1. The molecule has 0 saturated carbocycles. The molecule has 1 aromatic rings. The molecule has 2 heterocycles. The molecule has 0 spiro atoms. The first-order chi connectivity index (χ1) is 9.25. The molecule has 3 nitrogen and oxygen atoms in total. The van der Waals surface area contributed by atoms with Gasteiger partial charge in [-0.15, -0.1) is 0 Å². The molecule has 1 N–H and O–H groups in total. The van der Waals surface area contributed by atoms with Crippen molar-refractivity contribution in [2.45, 2.75) is 32.6 Å². The summed E-state index contributed by atoms with van der Waals surface area (Å²) in [4.78, 5) is 14.7. The lowest BCUT2D eigenvalue weighted by atomic mass is 9.95. The van der Waals surface area contributed by atoms with Gasteiger partial charge in [-0.25, -0.2) is 0 Å². The molecule has 19 heavy (non-hydrogen) atoms. The number of nitrogens with zero attached hydrogens (tertiary/aromatic N) is 1. The molecule has 0 aromatic heterocycles. The van der Waals surface area contributed by atoms with Gasteiger partial charge in [0, 0.05) is 30.9 Å². The number of nitrogens with one attached hydrogen (secondary N) is 1. The number of carbonyl (C=O) groups excluding carboxylic acids is 1. The summed E-state index contributed by atoms with van der Waals surface area (Å²) in [5.74, 6) is 0.989. The molecule has 1 fully saturated rings. The van der Waals surface area contributed by atoms with E-state index in [9.17, 15) is 4.79 Å². The number of fused-ring (bicyclic) bond motifs is 1. The smallest absolute Gasteiger partial charge is 0.254 e. The monoisotopic (exact) mass is 258 g/mol. The van der Waals surface area contributed by atoms with Crippen LogP contribution in [0.2, 0.25) is 0 Å². The van der Waals surface area contributed by atoms with Crippen molar-refractivity contribution in [2.24, 2.45) is 5.92 Å². The lowest BCUT2D eigenvalue weighted by Gasteiger charge is -2.31. The van der Waals surface area contributed by atoms with Crippen LogP contribution in [-0.4, -0.2) is 30.4 Å². The highest BCUT2D eigenvalue weighted by Crippen LogP contribution is 2.27. The SMILES string of the molecule is CC1CCN(C(=O)c2cccc3c2CCCN3)CC1. The highest BCUT2D eigenvalue weighted by molar-refractivity contribution is 5.97. The van der Waals surface area contributed by atoms with Crippen molar-refractivity contribution in [1.29, 1.82) is 0 Å². The van der Waals surface area contributed by atoms with Gasteiger partial charge in [0.2, 0.25) is 0 Å². The summed E-state index contributed by atoms with van der Waals surface area (Å²) in [6.45, 7) is 5.12. The maximum absolute atomic E-state index is 12.7. The average molecular weight is 258 g/mol. The molecule has 102 valence electrons. The Kier molecular flexibility index (Phi) is 3.45. The second-order valence-electron chi connectivity index (χ2n) is 5.84. The minimum Gasteiger partial charge on any atom is -0.385 e. The topological polar surface area (TPSA) is 32.3 Å². The molecule has 2 aliphatic heterocycles. The first kappa shape index (κ1) is 12.5. The summed E-state index contributed by atoms with van der Waals surface area (Å²) in [7, 11) is 0. The van der Waals surface area contributed by atoms with E-state index in [1.807, 2.05) is 17.0 Å². The summed E-state index contributed by atoms with van der Waals surface area (Å²) < 4.78 is 0. The van der Waals surface area contributed by atoms with Crippen LogP contribution in [0.5, 0.6) is 0 Å². The van der Waals surface area contributed by atoms with Crippen LogP contribution in [0.15, 0.2) is 18.2 Å². The Morgan fingerprint density at radius 2 is 2.11 bits per heavy atom. The highest BCUT2D eigenvalue weighted by atomic mass is 16.2. The summed E-state index contributed by atoms with van der Waals surface area (Å²) >= 11 is 0. The number of piperidine rings is 1. The molecule has 1 amide bonds. The van der Waals surface area contributed by atoms with Gasteiger partial charge in [-0.1, -0.05) is 13.0 Å². The Bertz CT molecular complexity index is 476. The molecule has 3 heteroatoms. The molecule has 1 aromatic carbocycles. The second kappa shape index (κ2) is 5.24. The molecule has 1 saturated heterocycles. The molecule has 2 aliphatic rings. The molecule has 3 rings (SSSR count). The van der Waals surface area contributed by atoms with E-state index >= 15 is 0 Å². The van der Waals surface area contributed by atoms with E-state index in [-0.39, 0.29) is 5.91 Å². The van der Waals surface area contributed by atoms with Crippen molar-refractivity contribution in [3.05, 3.63) is 29.3 Å². The third-order valence-electron chi connectivity index (χ3n) is 4.40. The Balaban J connectivity index is 1.83. The Labute approximate surface area is 115 Å². The van der Waals surface area contributed by atoms with Crippen molar-refractivity contribution in [3.63, 3.8) is 0 Å². The zero-order valence-electron chi connectivity index (χ0n) is 11.6. The van der Waals surface area contributed by atoms with Crippen LogP contribution >= 0.6 is 0 Å². The summed E-state index contributed by atoms with van der Waals surface area (Å²) in [6, 6.07) is 6.08. The number of hydrogen-bond acceptors (Lipinski definition) is 2. The van der Waals surface area contributed by atoms with Crippen LogP contribution in [0.1, 0.15) is 42.1 Å². The van der Waals surface area contributed by atoms with Gasteiger partial charge in [0.1, 0.15) is 0 Å². The molecule has 0 bridgehead atoms. The minimum absolute atomic E-state index is 0.229. The van der Waals surface area contributed by atoms with Crippen molar-refractivity contribution in [1.82, 2.24) is 4.90 Å². The van der Waals surface area contributed by atoms with E-state index in [4.69, 9.17) is 0 Å². The number of rotatable bonds is 1. The van der Waals surface area contributed by atoms with E-state index in [2.05, 4.69) is 18.3 Å².